The Hall–Kier alpha value is -3.93. The van der Waals surface area contributed by atoms with Crippen molar-refractivity contribution in [2.24, 2.45) is 5.10 Å². The molecule has 0 spiro atoms. The number of anilines is 1. The zero-order chi connectivity index (χ0) is 20.6. The first-order valence-electron chi connectivity index (χ1n) is 9.10. The number of hydrazone groups is 1. The number of phenolic OH excluding ortho intramolecular Hbond substituents is 1. The summed E-state index contributed by atoms with van der Waals surface area (Å²) in [6.07, 6.45) is 0.210. The summed E-state index contributed by atoms with van der Waals surface area (Å²) in [6, 6.07) is 22.8. The van der Waals surface area contributed by atoms with Gasteiger partial charge in [-0.2, -0.15) is 5.10 Å². The van der Waals surface area contributed by atoms with Gasteiger partial charge in [-0.1, -0.05) is 54.6 Å². The second kappa shape index (κ2) is 9.32. The van der Waals surface area contributed by atoms with Crippen LogP contribution in [0.15, 0.2) is 84.0 Å². The topological polar surface area (TPSA) is 90.8 Å². The van der Waals surface area contributed by atoms with Crippen LogP contribution >= 0.6 is 0 Å². The third-order valence-corrected chi connectivity index (χ3v) is 4.27. The van der Waals surface area contributed by atoms with Crippen LogP contribution in [-0.2, 0) is 11.2 Å². The fourth-order valence-corrected chi connectivity index (χ4v) is 2.80. The Kier molecular flexibility index (Phi) is 6.37. The van der Waals surface area contributed by atoms with Gasteiger partial charge in [0.2, 0.25) is 5.91 Å². The Morgan fingerprint density at radius 2 is 1.48 bits per heavy atom. The lowest BCUT2D eigenvalue weighted by atomic mass is 10.1. The molecule has 6 heteroatoms. The van der Waals surface area contributed by atoms with Crippen molar-refractivity contribution < 1.29 is 14.7 Å². The maximum atomic E-state index is 12.6. The van der Waals surface area contributed by atoms with Gasteiger partial charge in [0, 0.05) is 5.56 Å². The van der Waals surface area contributed by atoms with Gasteiger partial charge in [0.05, 0.1) is 23.4 Å². The SMILES string of the molecule is CC(=NNC(=O)c1ccccc1NC(=O)Cc1ccccc1)c1ccccc1O. The summed E-state index contributed by atoms with van der Waals surface area (Å²) in [5.41, 5.74) is 5.04. The zero-order valence-electron chi connectivity index (χ0n) is 15.9. The van der Waals surface area contributed by atoms with E-state index in [0.717, 1.165) is 5.56 Å². The monoisotopic (exact) mass is 387 g/mol. The molecule has 2 amide bonds. The number of rotatable bonds is 6. The molecule has 0 aromatic heterocycles. The Morgan fingerprint density at radius 3 is 2.21 bits per heavy atom. The third kappa shape index (κ3) is 5.29. The van der Waals surface area contributed by atoms with E-state index in [1.54, 1.807) is 55.5 Å². The summed E-state index contributed by atoms with van der Waals surface area (Å²) in [7, 11) is 0. The molecule has 0 saturated carbocycles. The van der Waals surface area contributed by atoms with Gasteiger partial charge in [-0.3, -0.25) is 9.59 Å². The van der Waals surface area contributed by atoms with Crippen LogP contribution in [0.2, 0.25) is 0 Å². The molecule has 0 saturated heterocycles. The maximum absolute atomic E-state index is 12.6. The van der Waals surface area contributed by atoms with Crippen molar-refractivity contribution >= 4 is 23.2 Å². The molecule has 0 radical (unpaired) electrons. The molecular formula is C23H21N3O3. The Balaban J connectivity index is 1.71. The van der Waals surface area contributed by atoms with Gasteiger partial charge in [-0.25, -0.2) is 5.43 Å². The van der Waals surface area contributed by atoms with Gasteiger partial charge >= 0.3 is 0 Å². The predicted molar refractivity (Wildman–Crippen MR) is 113 cm³/mol. The summed E-state index contributed by atoms with van der Waals surface area (Å²) in [4.78, 5) is 24.9. The smallest absolute Gasteiger partial charge is 0.273 e. The number of amides is 2. The number of hydrogen-bond acceptors (Lipinski definition) is 4. The highest BCUT2D eigenvalue weighted by Crippen LogP contribution is 2.17. The van der Waals surface area contributed by atoms with Crippen LogP contribution in [0.4, 0.5) is 5.69 Å². The van der Waals surface area contributed by atoms with Gasteiger partial charge in [-0.05, 0) is 36.8 Å². The summed E-state index contributed by atoms with van der Waals surface area (Å²) in [6.45, 7) is 1.68. The second-order valence-electron chi connectivity index (χ2n) is 6.41. The third-order valence-electron chi connectivity index (χ3n) is 4.27. The molecule has 0 atom stereocenters. The van der Waals surface area contributed by atoms with Gasteiger partial charge in [0.15, 0.2) is 0 Å². The van der Waals surface area contributed by atoms with Gasteiger partial charge in [-0.15, -0.1) is 0 Å². The highest BCUT2D eigenvalue weighted by atomic mass is 16.3. The minimum atomic E-state index is -0.463. The lowest BCUT2D eigenvalue weighted by Gasteiger charge is -2.10. The fourth-order valence-electron chi connectivity index (χ4n) is 2.80. The first-order chi connectivity index (χ1) is 14.0. The molecule has 3 N–H and O–H groups in total. The molecule has 0 aliphatic heterocycles. The van der Waals surface area contributed by atoms with Crippen LogP contribution in [0.5, 0.6) is 5.75 Å². The number of phenols is 1. The minimum Gasteiger partial charge on any atom is -0.507 e. The zero-order valence-corrected chi connectivity index (χ0v) is 15.9. The number of para-hydroxylation sites is 2. The molecule has 0 fully saturated rings. The van der Waals surface area contributed by atoms with Gasteiger partial charge in [0.1, 0.15) is 5.75 Å². The number of aromatic hydroxyl groups is 1. The van der Waals surface area contributed by atoms with E-state index in [1.165, 1.54) is 0 Å². The second-order valence-corrected chi connectivity index (χ2v) is 6.41. The van der Waals surface area contributed by atoms with Crippen LogP contribution in [-0.4, -0.2) is 22.6 Å². The van der Waals surface area contributed by atoms with Crippen molar-refractivity contribution in [3.05, 3.63) is 95.6 Å². The highest BCUT2D eigenvalue weighted by Gasteiger charge is 2.13. The average Bonchev–Trinajstić information content (AvgIpc) is 2.73. The summed E-state index contributed by atoms with van der Waals surface area (Å²) < 4.78 is 0. The summed E-state index contributed by atoms with van der Waals surface area (Å²) in [5, 5.41) is 16.7. The van der Waals surface area contributed by atoms with E-state index in [4.69, 9.17) is 0 Å². The molecule has 0 unspecified atom stereocenters. The van der Waals surface area contributed by atoms with Crippen molar-refractivity contribution in [2.45, 2.75) is 13.3 Å². The van der Waals surface area contributed by atoms with Gasteiger partial charge < -0.3 is 10.4 Å². The normalized spacial score (nSPS) is 11.0. The van der Waals surface area contributed by atoms with Crippen molar-refractivity contribution in [1.82, 2.24) is 5.43 Å². The van der Waals surface area contributed by atoms with Crippen molar-refractivity contribution in [1.29, 1.82) is 0 Å². The molecule has 3 rings (SSSR count). The fraction of sp³-hybridized carbons (Fsp3) is 0.0870. The highest BCUT2D eigenvalue weighted by molar-refractivity contribution is 6.06. The van der Waals surface area contributed by atoms with E-state index in [2.05, 4.69) is 15.8 Å². The van der Waals surface area contributed by atoms with Crippen LogP contribution in [0.25, 0.3) is 0 Å². The molecule has 0 aliphatic rings. The van der Waals surface area contributed by atoms with E-state index in [1.807, 2.05) is 30.3 Å². The maximum Gasteiger partial charge on any atom is 0.273 e. The molecule has 146 valence electrons. The summed E-state index contributed by atoms with van der Waals surface area (Å²) in [5.74, 6) is -0.600. The van der Waals surface area contributed by atoms with Crippen LogP contribution in [0, 0.1) is 0 Å². The quantitative estimate of drug-likeness (QED) is 0.445. The number of nitrogens with one attached hydrogen (secondary N) is 2. The van der Waals surface area contributed by atoms with E-state index >= 15 is 0 Å². The standard InChI is InChI=1S/C23H21N3O3/c1-16(18-11-6-8-14-21(18)27)25-26-23(29)19-12-5-7-13-20(19)24-22(28)15-17-9-3-2-4-10-17/h2-14,27H,15H2,1H3,(H,24,28)(H,26,29). The minimum absolute atomic E-state index is 0.0802. The van der Waals surface area contributed by atoms with Gasteiger partial charge in [0.25, 0.3) is 5.91 Å². The number of carbonyl (C=O) groups is 2. The van der Waals surface area contributed by atoms with Crippen LogP contribution < -0.4 is 10.7 Å². The lowest BCUT2D eigenvalue weighted by Crippen LogP contribution is -2.22. The summed E-state index contributed by atoms with van der Waals surface area (Å²) >= 11 is 0. The van der Waals surface area contributed by atoms with E-state index in [0.29, 0.717) is 22.5 Å². The number of nitrogens with zero attached hydrogens (tertiary/aromatic N) is 1. The molecular weight excluding hydrogens is 366 g/mol. The Morgan fingerprint density at radius 1 is 0.862 bits per heavy atom. The average molecular weight is 387 g/mol. The van der Waals surface area contributed by atoms with Crippen LogP contribution in [0.3, 0.4) is 0 Å². The predicted octanol–water partition coefficient (Wildman–Crippen LogP) is 3.73. The molecule has 29 heavy (non-hydrogen) atoms. The van der Waals surface area contributed by atoms with Crippen molar-refractivity contribution in [2.75, 3.05) is 5.32 Å². The molecule has 3 aromatic carbocycles. The van der Waals surface area contributed by atoms with Crippen molar-refractivity contribution in [3.8, 4) is 5.75 Å². The number of carbonyl (C=O) groups excluding carboxylic acids is 2. The van der Waals surface area contributed by atoms with E-state index < -0.39 is 5.91 Å². The Bertz CT molecular complexity index is 1050. The first kappa shape index (κ1) is 19.8. The lowest BCUT2D eigenvalue weighted by molar-refractivity contribution is -0.115. The Labute approximate surface area is 168 Å². The molecule has 0 heterocycles. The number of benzene rings is 3. The molecule has 0 aliphatic carbocycles. The van der Waals surface area contributed by atoms with Crippen molar-refractivity contribution in [3.63, 3.8) is 0 Å². The van der Waals surface area contributed by atoms with E-state index in [-0.39, 0.29) is 18.1 Å². The van der Waals surface area contributed by atoms with E-state index in [9.17, 15) is 14.7 Å². The molecule has 0 bridgehead atoms. The molecule has 6 nitrogen and oxygen atoms in total. The molecule has 3 aromatic rings. The van der Waals surface area contributed by atoms with Crippen LogP contribution in [0.1, 0.15) is 28.4 Å². The first-order valence-corrected chi connectivity index (χ1v) is 9.10. The number of hydrogen-bond donors (Lipinski definition) is 3. The largest absolute Gasteiger partial charge is 0.507 e.